The number of benzene rings is 2. The standard InChI is InChI=1S/C17H14ClFN2O7/c18-12-7-10(21-4-3-8-5-9(19)1-2-13(8)21)6-11-14(12)28-17(26,27)16(24,25)20-15(11,22)23/h1-7,20,22-27H. The Labute approximate surface area is 161 Å². The summed E-state index contributed by atoms with van der Waals surface area (Å²) in [5.41, 5.74) is 0.309. The fourth-order valence-electron chi connectivity index (χ4n) is 3.02. The van der Waals surface area contributed by atoms with Crippen molar-refractivity contribution in [3.63, 3.8) is 0 Å². The van der Waals surface area contributed by atoms with Crippen molar-refractivity contribution in [2.45, 2.75) is 17.8 Å². The summed E-state index contributed by atoms with van der Waals surface area (Å²) in [7, 11) is 0. The van der Waals surface area contributed by atoms with Gasteiger partial charge in [-0.2, -0.15) is 0 Å². The van der Waals surface area contributed by atoms with Crippen LogP contribution in [0, 0.1) is 5.82 Å². The number of aromatic nitrogens is 1. The van der Waals surface area contributed by atoms with Crippen LogP contribution in [-0.2, 0) is 5.91 Å². The molecule has 0 fully saturated rings. The number of fused-ring (bicyclic) bond motifs is 2. The topological polar surface area (TPSA) is 148 Å². The Morgan fingerprint density at radius 1 is 1.00 bits per heavy atom. The molecule has 148 valence electrons. The van der Waals surface area contributed by atoms with Crippen molar-refractivity contribution in [3.05, 3.63) is 59.0 Å². The third kappa shape index (κ3) is 2.83. The highest BCUT2D eigenvalue weighted by molar-refractivity contribution is 6.32. The highest BCUT2D eigenvalue weighted by Gasteiger charge is 2.58. The zero-order valence-corrected chi connectivity index (χ0v) is 14.6. The first-order valence-corrected chi connectivity index (χ1v) is 8.23. The van der Waals surface area contributed by atoms with Crippen molar-refractivity contribution >= 4 is 22.5 Å². The lowest BCUT2D eigenvalue weighted by molar-refractivity contribution is -0.456. The van der Waals surface area contributed by atoms with E-state index in [9.17, 15) is 35.0 Å². The van der Waals surface area contributed by atoms with Gasteiger partial charge < -0.3 is 39.9 Å². The molecule has 2 heterocycles. The predicted molar refractivity (Wildman–Crippen MR) is 92.5 cm³/mol. The quantitative estimate of drug-likeness (QED) is 0.271. The van der Waals surface area contributed by atoms with Crippen molar-refractivity contribution < 1.29 is 39.8 Å². The van der Waals surface area contributed by atoms with Crippen LogP contribution in [0.4, 0.5) is 4.39 Å². The van der Waals surface area contributed by atoms with Crippen LogP contribution >= 0.6 is 11.6 Å². The molecule has 1 aromatic heterocycles. The molecular weight excluding hydrogens is 399 g/mol. The summed E-state index contributed by atoms with van der Waals surface area (Å²) < 4.78 is 19.7. The van der Waals surface area contributed by atoms with E-state index in [2.05, 4.69) is 0 Å². The molecule has 1 aliphatic rings. The van der Waals surface area contributed by atoms with E-state index in [-0.39, 0.29) is 10.7 Å². The normalized spacial score (nSPS) is 19.7. The zero-order valence-electron chi connectivity index (χ0n) is 13.8. The molecule has 3 aromatic rings. The van der Waals surface area contributed by atoms with Crippen LogP contribution in [0.5, 0.6) is 5.75 Å². The van der Waals surface area contributed by atoms with E-state index in [1.165, 1.54) is 29.6 Å². The van der Waals surface area contributed by atoms with E-state index >= 15 is 0 Å². The van der Waals surface area contributed by atoms with Crippen LogP contribution in [0.15, 0.2) is 42.6 Å². The fraction of sp³-hybridized carbons (Fsp3) is 0.176. The number of aliphatic hydroxyl groups is 6. The Morgan fingerprint density at radius 2 is 1.71 bits per heavy atom. The summed E-state index contributed by atoms with van der Waals surface area (Å²) >= 11 is 6.13. The van der Waals surface area contributed by atoms with Gasteiger partial charge in [0.2, 0.25) is 0 Å². The number of hydrogen-bond donors (Lipinski definition) is 7. The summed E-state index contributed by atoms with van der Waals surface area (Å²) in [6, 6.07) is 8.14. The monoisotopic (exact) mass is 412 g/mol. The minimum atomic E-state index is -3.67. The van der Waals surface area contributed by atoms with E-state index in [0.717, 1.165) is 6.07 Å². The molecule has 9 nitrogen and oxygen atoms in total. The van der Waals surface area contributed by atoms with Crippen molar-refractivity contribution in [1.82, 2.24) is 9.88 Å². The van der Waals surface area contributed by atoms with Gasteiger partial charge in [0.15, 0.2) is 5.75 Å². The van der Waals surface area contributed by atoms with Crippen molar-refractivity contribution in [2.75, 3.05) is 0 Å². The minimum Gasteiger partial charge on any atom is -0.432 e. The summed E-state index contributed by atoms with van der Waals surface area (Å²) in [4.78, 5) is 0. The average Bonchev–Trinajstić information content (AvgIpc) is 2.95. The van der Waals surface area contributed by atoms with E-state index in [1.54, 1.807) is 16.8 Å². The van der Waals surface area contributed by atoms with Crippen molar-refractivity contribution in [3.8, 4) is 11.4 Å². The molecule has 11 heteroatoms. The molecule has 2 aromatic carbocycles. The predicted octanol–water partition coefficient (Wildman–Crippen LogP) is -0.223. The third-order valence-corrected chi connectivity index (χ3v) is 4.66. The number of nitrogens with zero attached hydrogens (tertiary/aromatic N) is 1. The van der Waals surface area contributed by atoms with Gasteiger partial charge in [0.1, 0.15) is 5.82 Å². The van der Waals surface area contributed by atoms with Gasteiger partial charge in [0.25, 0.3) is 5.91 Å². The van der Waals surface area contributed by atoms with E-state index in [4.69, 9.17) is 16.3 Å². The highest BCUT2D eigenvalue weighted by atomic mass is 35.5. The Hall–Kier alpha value is -2.28. The lowest BCUT2D eigenvalue weighted by Crippen LogP contribution is -2.69. The van der Waals surface area contributed by atoms with Crippen LogP contribution in [0.2, 0.25) is 5.02 Å². The number of halogens is 2. The second kappa shape index (κ2) is 5.86. The molecule has 4 rings (SSSR count). The second-order valence-corrected chi connectivity index (χ2v) is 6.78. The molecule has 7 N–H and O–H groups in total. The van der Waals surface area contributed by atoms with Gasteiger partial charge in [-0.15, -0.1) is 0 Å². The molecule has 0 saturated heterocycles. The molecule has 0 amide bonds. The minimum absolute atomic E-state index is 0.271. The largest absolute Gasteiger partial charge is 0.432 e. The summed E-state index contributed by atoms with van der Waals surface area (Å²) in [5.74, 6) is -11.6. The number of ether oxygens (including phenoxy) is 1. The van der Waals surface area contributed by atoms with Gasteiger partial charge in [-0.1, -0.05) is 11.6 Å². The Morgan fingerprint density at radius 3 is 2.43 bits per heavy atom. The lowest BCUT2D eigenvalue weighted by atomic mass is 10.1. The molecular formula is C17H14ClFN2O7. The maximum absolute atomic E-state index is 13.4. The van der Waals surface area contributed by atoms with E-state index in [1.807, 2.05) is 0 Å². The van der Waals surface area contributed by atoms with Gasteiger partial charge in [-0.25, -0.2) is 9.71 Å². The van der Waals surface area contributed by atoms with Gasteiger partial charge >= 0.3 is 11.9 Å². The molecule has 0 saturated carbocycles. The molecule has 0 radical (unpaired) electrons. The van der Waals surface area contributed by atoms with E-state index < -0.39 is 34.9 Å². The molecule has 0 bridgehead atoms. The van der Waals surface area contributed by atoms with E-state index in [0.29, 0.717) is 10.9 Å². The van der Waals surface area contributed by atoms with Crippen LogP contribution in [0.25, 0.3) is 16.6 Å². The Balaban J connectivity index is 1.93. The van der Waals surface area contributed by atoms with Crippen LogP contribution in [0.1, 0.15) is 5.56 Å². The number of rotatable bonds is 1. The van der Waals surface area contributed by atoms with Crippen LogP contribution < -0.4 is 10.1 Å². The first kappa shape index (κ1) is 19.1. The lowest BCUT2D eigenvalue weighted by Gasteiger charge is -2.34. The smallest absolute Gasteiger partial charge is 0.396 e. The fourth-order valence-corrected chi connectivity index (χ4v) is 3.28. The number of nitrogens with one attached hydrogen (secondary N) is 1. The molecule has 0 atom stereocenters. The maximum atomic E-state index is 13.4. The molecule has 0 aliphatic carbocycles. The zero-order chi connectivity index (χ0) is 20.5. The molecule has 0 spiro atoms. The highest BCUT2D eigenvalue weighted by Crippen LogP contribution is 2.42. The first-order chi connectivity index (χ1) is 12.9. The Bertz CT molecular complexity index is 1100. The van der Waals surface area contributed by atoms with Gasteiger partial charge in [-0.3, -0.25) is 0 Å². The molecule has 1 aliphatic heterocycles. The Kier molecular flexibility index (Phi) is 3.99. The first-order valence-electron chi connectivity index (χ1n) is 7.85. The van der Waals surface area contributed by atoms with Gasteiger partial charge in [-0.05, 0) is 36.4 Å². The van der Waals surface area contributed by atoms with Crippen LogP contribution in [0.3, 0.4) is 0 Å². The molecule has 0 unspecified atom stereocenters. The van der Waals surface area contributed by atoms with Crippen molar-refractivity contribution in [1.29, 1.82) is 0 Å². The average molecular weight is 413 g/mol. The van der Waals surface area contributed by atoms with Crippen molar-refractivity contribution in [2.24, 2.45) is 0 Å². The maximum Gasteiger partial charge on any atom is 0.396 e. The summed E-state index contributed by atoms with van der Waals surface area (Å²) in [6.45, 7) is 0. The number of hydrogen-bond acceptors (Lipinski definition) is 8. The van der Waals surface area contributed by atoms with Gasteiger partial charge in [0, 0.05) is 17.3 Å². The van der Waals surface area contributed by atoms with Crippen LogP contribution in [-0.4, -0.2) is 47.1 Å². The second-order valence-electron chi connectivity index (χ2n) is 6.37. The summed E-state index contributed by atoms with van der Waals surface area (Å²) in [6.07, 6.45) is 1.58. The molecule has 28 heavy (non-hydrogen) atoms. The summed E-state index contributed by atoms with van der Waals surface area (Å²) in [5, 5.41) is 61.2. The van der Waals surface area contributed by atoms with Gasteiger partial charge in [0.05, 0.1) is 16.1 Å². The SMILES string of the molecule is OC1(O)NC(O)(O)C(O)(O)Oc2c(Cl)cc(-n3ccc4cc(F)ccc43)cc21. The third-order valence-electron chi connectivity index (χ3n) is 4.38.